The fraction of sp³-hybridized carbons (Fsp3) is 0.462. The summed E-state index contributed by atoms with van der Waals surface area (Å²) in [7, 11) is 1.59. The molecule has 0 saturated carbocycles. The SMILES string of the molecule is COCC[C@H](C)NC(=O)Nc1cccc(C(F)F)c1. The van der Waals surface area contributed by atoms with Gasteiger partial charge in [-0.25, -0.2) is 13.6 Å². The lowest BCUT2D eigenvalue weighted by Crippen LogP contribution is -2.36. The highest BCUT2D eigenvalue weighted by Gasteiger charge is 2.10. The minimum Gasteiger partial charge on any atom is -0.385 e. The summed E-state index contributed by atoms with van der Waals surface area (Å²) in [6, 6.07) is 5.13. The number of alkyl halides is 2. The van der Waals surface area contributed by atoms with Crippen LogP contribution in [-0.2, 0) is 4.74 Å². The number of benzene rings is 1. The van der Waals surface area contributed by atoms with E-state index in [1.807, 2.05) is 6.92 Å². The van der Waals surface area contributed by atoms with Gasteiger partial charge in [-0.05, 0) is 25.5 Å². The Morgan fingerprint density at radius 3 is 2.79 bits per heavy atom. The maximum absolute atomic E-state index is 12.5. The number of carbonyl (C=O) groups is 1. The molecule has 2 N–H and O–H groups in total. The number of ether oxygens (including phenoxy) is 1. The summed E-state index contributed by atoms with van der Waals surface area (Å²) < 4.78 is 29.9. The van der Waals surface area contributed by atoms with Gasteiger partial charge in [0.2, 0.25) is 0 Å². The summed E-state index contributed by atoms with van der Waals surface area (Å²) >= 11 is 0. The van der Waals surface area contributed by atoms with Crippen LogP contribution in [0.4, 0.5) is 19.3 Å². The zero-order valence-electron chi connectivity index (χ0n) is 11.0. The van der Waals surface area contributed by atoms with Crippen molar-refractivity contribution in [3.8, 4) is 0 Å². The van der Waals surface area contributed by atoms with E-state index in [0.717, 1.165) is 0 Å². The van der Waals surface area contributed by atoms with Gasteiger partial charge in [0, 0.05) is 31.0 Å². The van der Waals surface area contributed by atoms with Crippen LogP contribution in [-0.4, -0.2) is 25.8 Å². The zero-order chi connectivity index (χ0) is 14.3. The van der Waals surface area contributed by atoms with Crippen LogP contribution in [0.3, 0.4) is 0 Å². The molecule has 0 heterocycles. The van der Waals surface area contributed by atoms with Crippen LogP contribution < -0.4 is 10.6 Å². The van der Waals surface area contributed by atoms with Crippen LogP contribution in [0.1, 0.15) is 25.3 Å². The minimum absolute atomic E-state index is 0.0572. The molecule has 0 aliphatic carbocycles. The molecule has 4 nitrogen and oxygen atoms in total. The van der Waals surface area contributed by atoms with E-state index in [0.29, 0.717) is 18.7 Å². The summed E-state index contributed by atoms with van der Waals surface area (Å²) in [4.78, 5) is 11.6. The van der Waals surface area contributed by atoms with Crippen molar-refractivity contribution in [2.75, 3.05) is 19.0 Å². The Balaban J connectivity index is 2.50. The van der Waals surface area contributed by atoms with Crippen molar-refractivity contribution in [2.45, 2.75) is 25.8 Å². The molecule has 1 atom stereocenters. The Morgan fingerprint density at radius 2 is 2.16 bits per heavy atom. The zero-order valence-corrected chi connectivity index (χ0v) is 11.0. The molecule has 0 saturated heterocycles. The highest BCUT2D eigenvalue weighted by molar-refractivity contribution is 5.89. The first kappa shape index (κ1) is 15.4. The molecule has 6 heteroatoms. The highest BCUT2D eigenvalue weighted by atomic mass is 19.3. The van der Waals surface area contributed by atoms with E-state index in [1.165, 1.54) is 18.2 Å². The van der Waals surface area contributed by atoms with Gasteiger partial charge >= 0.3 is 6.03 Å². The van der Waals surface area contributed by atoms with E-state index in [1.54, 1.807) is 13.2 Å². The molecule has 0 unspecified atom stereocenters. The number of carbonyl (C=O) groups excluding carboxylic acids is 1. The number of nitrogens with one attached hydrogen (secondary N) is 2. The molecule has 0 radical (unpaired) electrons. The molecule has 1 aromatic carbocycles. The topological polar surface area (TPSA) is 50.4 Å². The first-order chi connectivity index (χ1) is 9.02. The van der Waals surface area contributed by atoms with Gasteiger partial charge < -0.3 is 15.4 Å². The van der Waals surface area contributed by atoms with Crippen molar-refractivity contribution in [1.29, 1.82) is 0 Å². The van der Waals surface area contributed by atoms with Crippen molar-refractivity contribution < 1.29 is 18.3 Å². The number of anilines is 1. The van der Waals surface area contributed by atoms with Gasteiger partial charge in [-0.3, -0.25) is 0 Å². The highest BCUT2D eigenvalue weighted by Crippen LogP contribution is 2.21. The molecular weight excluding hydrogens is 254 g/mol. The summed E-state index contributed by atoms with van der Waals surface area (Å²) in [5, 5.41) is 5.21. The largest absolute Gasteiger partial charge is 0.385 e. The van der Waals surface area contributed by atoms with Gasteiger partial charge in [-0.15, -0.1) is 0 Å². The second-order valence-electron chi connectivity index (χ2n) is 4.21. The van der Waals surface area contributed by atoms with E-state index in [9.17, 15) is 13.6 Å². The molecule has 0 aromatic heterocycles. The van der Waals surface area contributed by atoms with Crippen molar-refractivity contribution in [2.24, 2.45) is 0 Å². The molecule has 0 aliphatic rings. The fourth-order valence-electron chi connectivity index (χ4n) is 1.51. The van der Waals surface area contributed by atoms with Crippen LogP contribution in [0.15, 0.2) is 24.3 Å². The first-order valence-corrected chi connectivity index (χ1v) is 5.97. The summed E-state index contributed by atoms with van der Waals surface area (Å²) in [5.41, 5.74) is 0.222. The van der Waals surface area contributed by atoms with Crippen LogP contribution in [0.2, 0.25) is 0 Å². The van der Waals surface area contributed by atoms with Crippen LogP contribution in [0, 0.1) is 0 Å². The minimum atomic E-state index is -2.55. The lowest BCUT2D eigenvalue weighted by Gasteiger charge is -2.14. The van der Waals surface area contributed by atoms with E-state index in [2.05, 4.69) is 10.6 Å². The van der Waals surface area contributed by atoms with Gasteiger partial charge in [0.1, 0.15) is 0 Å². The molecule has 19 heavy (non-hydrogen) atoms. The average molecular weight is 272 g/mol. The lowest BCUT2D eigenvalue weighted by atomic mass is 10.2. The van der Waals surface area contributed by atoms with E-state index < -0.39 is 12.5 Å². The molecular formula is C13H18F2N2O2. The third-order valence-electron chi connectivity index (χ3n) is 2.53. The van der Waals surface area contributed by atoms with Crippen molar-refractivity contribution in [1.82, 2.24) is 5.32 Å². The molecule has 0 spiro atoms. The normalized spacial score (nSPS) is 12.3. The Morgan fingerprint density at radius 1 is 1.42 bits per heavy atom. The quantitative estimate of drug-likeness (QED) is 0.835. The molecule has 1 rings (SSSR count). The second kappa shape index (κ2) is 7.68. The Labute approximate surface area is 111 Å². The number of amides is 2. The predicted molar refractivity (Wildman–Crippen MR) is 69.5 cm³/mol. The molecule has 2 amide bonds. The van der Waals surface area contributed by atoms with E-state index >= 15 is 0 Å². The molecule has 1 aromatic rings. The third kappa shape index (κ3) is 5.65. The van der Waals surface area contributed by atoms with Crippen LogP contribution in [0.25, 0.3) is 0 Å². The fourth-order valence-corrected chi connectivity index (χ4v) is 1.51. The number of urea groups is 1. The molecule has 0 bridgehead atoms. The van der Waals surface area contributed by atoms with E-state index in [4.69, 9.17) is 4.74 Å². The number of methoxy groups -OCH3 is 1. The smallest absolute Gasteiger partial charge is 0.319 e. The summed E-state index contributed by atoms with van der Waals surface area (Å²) in [6.07, 6.45) is -1.87. The Kier molecular flexibility index (Phi) is 6.21. The Bertz CT molecular complexity index is 413. The van der Waals surface area contributed by atoms with Gasteiger partial charge in [0.15, 0.2) is 0 Å². The maximum atomic E-state index is 12.5. The maximum Gasteiger partial charge on any atom is 0.319 e. The molecule has 0 fully saturated rings. The van der Waals surface area contributed by atoms with Crippen LogP contribution in [0.5, 0.6) is 0 Å². The Hall–Kier alpha value is -1.69. The number of rotatable bonds is 6. The van der Waals surface area contributed by atoms with Crippen molar-refractivity contribution in [3.63, 3.8) is 0 Å². The van der Waals surface area contributed by atoms with E-state index in [-0.39, 0.29) is 11.6 Å². The van der Waals surface area contributed by atoms with Crippen LogP contribution >= 0.6 is 0 Å². The lowest BCUT2D eigenvalue weighted by molar-refractivity contribution is 0.151. The standard InChI is InChI=1S/C13H18F2N2O2/c1-9(6-7-19-2)16-13(18)17-11-5-3-4-10(8-11)12(14)15/h3-5,8-9,12H,6-7H2,1-2H3,(H2,16,17,18)/t9-/m0/s1. The summed E-state index contributed by atoms with van der Waals surface area (Å²) in [6.45, 7) is 2.39. The number of hydrogen-bond acceptors (Lipinski definition) is 2. The van der Waals surface area contributed by atoms with Gasteiger partial charge in [-0.2, -0.15) is 0 Å². The second-order valence-corrected chi connectivity index (χ2v) is 4.21. The predicted octanol–water partition coefficient (Wildman–Crippen LogP) is 3.17. The average Bonchev–Trinajstić information content (AvgIpc) is 2.36. The van der Waals surface area contributed by atoms with Gasteiger partial charge in [0.05, 0.1) is 0 Å². The summed E-state index contributed by atoms with van der Waals surface area (Å²) in [5.74, 6) is 0. The third-order valence-corrected chi connectivity index (χ3v) is 2.53. The number of halogens is 2. The number of hydrogen-bond donors (Lipinski definition) is 2. The molecule has 106 valence electrons. The van der Waals surface area contributed by atoms with Crippen molar-refractivity contribution >= 4 is 11.7 Å². The van der Waals surface area contributed by atoms with Crippen molar-refractivity contribution in [3.05, 3.63) is 29.8 Å². The first-order valence-electron chi connectivity index (χ1n) is 5.97. The molecule has 0 aliphatic heterocycles. The van der Waals surface area contributed by atoms with Gasteiger partial charge in [0.25, 0.3) is 6.43 Å². The monoisotopic (exact) mass is 272 g/mol. The van der Waals surface area contributed by atoms with Gasteiger partial charge in [-0.1, -0.05) is 12.1 Å².